The van der Waals surface area contributed by atoms with E-state index in [2.05, 4.69) is 59.9 Å². The summed E-state index contributed by atoms with van der Waals surface area (Å²) in [4.78, 5) is 65.7. The second kappa shape index (κ2) is 30.0. The number of carbonyl (C=O) groups is 5. The second-order valence-electron chi connectivity index (χ2n) is 24.3. The van der Waals surface area contributed by atoms with Crippen molar-refractivity contribution in [2.45, 2.75) is 74.2 Å². The van der Waals surface area contributed by atoms with Crippen molar-refractivity contribution in [3.8, 4) is 63.5 Å². The number of nitriles is 2. The Kier molecular flexibility index (Phi) is 21.1. The molecule has 21 nitrogen and oxygen atoms in total. The van der Waals surface area contributed by atoms with Gasteiger partial charge in [-0.05, 0) is 192 Å². The van der Waals surface area contributed by atoms with Gasteiger partial charge in [0.1, 0.15) is 5.75 Å². The fourth-order valence-corrected chi connectivity index (χ4v) is 12.5. The van der Waals surface area contributed by atoms with Crippen molar-refractivity contribution in [2.75, 3.05) is 64.5 Å². The van der Waals surface area contributed by atoms with Crippen LogP contribution < -0.4 is 49.0 Å². The minimum absolute atomic E-state index is 0.0219. The lowest BCUT2D eigenvalue weighted by atomic mass is 9.93. The largest absolute Gasteiger partial charge is 0.569 e. The number of benzene rings is 8. The Bertz CT molecular complexity index is 4450. The average Bonchev–Trinajstić information content (AvgIpc) is 1.61. The van der Waals surface area contributed by atoms with Crippen molar-refractivity contribution in [1.29, 1.82) is 10.5 Å². The van der Waals surface area contributed by atoms with E-state index in [0.717, 1.165) is 103 Å². The quantitative estimate of drug-likeness (QED) is 0.0530. The molecule has 14 rings (SSSR count). The van der Waals surface area contributed by atoms with Crippen LogP contribution in [0.1, 0.15) is 92.6 Å². The first-order valence-electron chi connectivity index (χ1n) is 31.3. The molecular weight excluding hydrogens is 1380 g/mol. The highest BCUT2D eigenvalue weighted by Crippen LogP contribution is 2.54. The van der Waals surface area contributed by atoms with Crippen LogP contribution in [0, 0.1) is 22.7 Å². The topological polar surface area (TPSA) is 281 Å². The number of aliphatic hydroxyl groups is 1. The fourth-order valence-electron chi connectivity index (χ4n) is 11.5. The van der Waals surface area contributed by atoms with Gasteiger partial charge in [-0.25, -0.2) is 0 Å². The van der Waals surface area contributed by atoms with Crippen LogP contribution in [0.3, 0.4) is 0 Å². The third-order valence-corrected chi connectivity index (χ3v) is 19.1. The molecule has 6 aliphatic rings. The normalized spacial score (nSPS) is 14.8. The molecule has 3 saturated carbocycles. The summed E-state index contributed by atoms with van der Waals surface area (Å²) >= 11 is 6.85. The van der Waals surface area contributed by atoms with E-state index in [1.807, 2.05) is 103 Å². The first-order chi connectivity index (χ1) is 47.3. The number of anilines is 3. The number of halogens is 2. The maximum Gasteiger partial charge on any atom is 0.569 e. The van der Waals surface area contributed by atoms with Crippen LogP contribution in [0.4, 0.5) is 17.1 Å². The number of ether oxygens (including phenoxy) is 6. The zero-order valence-electron chi connectivity index (χ0n) is 53.9. The van der Waals surface area contributed by atoms with E-state index < -0.39 is 16.2 Å². The summed E-state index contributed by atoms with van der Waals surface area (Å²) in [6.45, 7) is 0.598. The van der Waals surface area contributed by atoms with E-state index in [9.17, 15) is 34.3 Å². The van der Waals surface area contributed by atoms with Gasteiger partial charge in [0.15, 0.2) is 34.5 Å². The molecule has 24 heteroatoms. The van der Waals surface area contributed by atoms with Crippen molar-refractivity contribution in [3.05, 3.63) is 211 Å². The molecule has 5 N–H and O–H groups in total. The van der Waals surface area contributed by atoms with Crippen molar-refractivity contribution in [1.82, 2.24) is 9.80 Å². The van der Waals surface area contributed by atoms with Crippen molar-refractivity contribution < 1.29 is 67.2 Å². The molecule has 8 aromatic carbocycles. The zero-order valence-corrected chi connectivity index (χ0v) is 57.1. The summed E-state index contributed by atoms with van der Waals surface area (Å²) in [5, 5.41) is 44.7. The van der Waals surface area contributed by atoms with E-state index in [1.54, 1.807) is 82.8 Å². The van der Waals surface area contributed by atoms with Gasteiger partial charge < -0.3 is 69.0 Å². The molecule has 1 radical (unpaired) electrons. The monoisotopic (exact) mass is 1450 g/mol. The minimum atomic E-state index is -0.583. The predicted molar refractivity (Wildman–Crippen MR) is 372 cm³/mol. The van der Waals surface area contributed by atoms with Crippen LogP contribution in [0.5, 0.6) is 40.2 Å². The number of aliphatic hydroxyl groups excluding tert-OH is 1. The molecule has 98 heavy (non-hydrogen) atoms. The summed E-state index contributed by atoms with van der Waals surface area (Å²) in [5.74, 6) is 4.43. The van der Waals surface area contributed by atoms with Gasteiger partial charge in [-0.15, -0.1) is 0 Å². The minimum Gasteiger partial charge on any atom is -0.537 e. The Hall–Kier alpha value is -10.4. The SMILES string of the molecule is CN(C)C(=O)c1ccc(-c2cc(NC(=O)C3(c4ccc5c(c4)OCO5)CC3)ccc2CC#N)cc1.CN(C)C(=O)c1ccc(O[B]O)cc1.N#CCc1ccc(NC(=O)C2(c3ccc4c(c3)OCO4)CC2)cc1Br.O=C(Nc1ccc(CO)c(Br)c1)C1(c2ccc3c(c2)OCO3)CC1. The van der Waals surface area contributed by atoms with Crippen LogP contribution in [0.15, 0.2) is 167 Å². The molecule has 8 aromatic rings. The van der Waals surface area contributed by atoms with Crippen LogP contribution >= 0.6 is 31.9 Å². The molecule has 3 heterocycles. The van der Waals surface area contributed by atoms with Gasteiger partial charge in [-0.2, -0.15) is 10.5 Å². The van der Waals surface area contributed by atoms with Gasteiger partial charge in [0.25, 0.3) is 11.8 Å². The number of amides is 5. The predicted octanol–water partition coefficient (Wildman–Crippen LogP) is 12.1. The number of nitrogens with zero attached hydrogens (tertiary/aromatic N) is 4. The number of carbonyl (C=O) groups excluding carboxylic acids is 5. The molecule has 3 fully saturated rings. The highest BCUT2D eigenvalue weighted by atomic mass is 79.9. The Morgan fingerprint density at radius 1 is 0.480 bits per heavy atom. The zero-order chi connectivity index (χ0) is 69.3. The second-order valence-corrected chi connectivity index (χ2v) is 26.1. The van der Waals surface area contributed by atoms with Crippen molar-refractivity contribution in [3.63, 3.8) is 0 Å². The van der Waals surface area contributed by atoms with Crippen LogP contribution in [-0.4, -0.2) is 106 Å². The maximum atomic E-state index is 13.4. The molecule has 3 aliphatic heterocycles. The van der Waals surface area contributed by atoms with Gasteiger partial charge in [0.2, 0.25) is 38.1 Å². The Morgan fingerprint density at radius 3 is 1.19 bits per heavy atom. The van der Waals surface area contributed by atoms with E-state index in [0.29, 0.717) is 71.0 Å². The summed E-state index contributed by atoms with van der Waals surface area (Å²) in [6, 6.07) is 51.7. The Morgan fingerprint density at radius 2 is 0.837 bits per heavy atom. The molecule has 3 aliphatic carbocycles. The summed E-state index contributed by atoms with van der Waals surface area (Å²) < 4.78 is 38.7. The summed E-state index contributed by atoms with van der Waals surface area (Å²) in [6.07, 6.45) is 5.35. The summed E-state index contributed by atoms with van der Waals surface area (Å²) in [5.41, 5.74) is 8.75. The van der Waals surface area contributed by atoms with Crippen LogP contribution in [0.2, 0.25) is 0 Å². The third-order valence-electron chi connectivity index (χ3n) is 17.6. The van der Waals surface area contributed by atoms with Crippen molar-refractivity contribution in [2.24, 2.45) is 0 Å². The number of nitrogens with one attached hydrogen (secondary N) is 3. The Labute approximate surface area is 583 Å². The lowest BCUT2D eigenvalue weighted by Gasteiger charge is -2.18. The van der Waals surface area contributed by atoms with Gasteiger partial charge in [0, 0.05) is 65.3 Å². The lowest BCUT2D eigenvalue weighted by molar-refractivity contribution is -0.119. The molecular formula is C74H67BBr2N7O14. The molecule has 5 amide bonds. The van der Waals surface area contributed by atoms with E-state index in [4.69, 9.17) is 43.4 Å². The highest BCUT2D eigenvalue weighted by molar-refractivity contribution is 9.10. The number of fused-ring (bicyclic) bond motifs is 3. The van der Waals surface area contributed by atoms with Crippen LogP contribution in [-0.2, 0) is 50.1 Å². The molecule has 0 unspecified atom stereocenters. The molecule has 0 bridgehead atoms. The smallest absolute Gasteiger partial charge is 0.537 e. The molecule has 0 spiro atoms. The maximum absolute atomic E-state index is 13.4. The lowest BCUT2D eigenvalue weighted by Crippen LogP contribution is -2.27. The number of hydrogen-bond acceptors (Lipinski definition) is 16. The van der Waals surface area contributed by atoms with E-state index in [1.165, 1.54) is 9.80 Å². The van der Waals surface area contributed by atoms with Crippen LogP contribution in [0.25, 0.3) is 11.1 Å². The standard InChI is InChI=1S/C28H25N3O4.C19H15BrN2O3.C18H16BrNO4.C9H11BNO3/c1-31(2)26(32)20-5-3-18(4-6-20)23-16-22(9-7-19(23)11-14-29)30-27(33)28(12-13-28)21-8-10-24-25(15-21)35-17-34-24;20-15-10-14(3-1-12(15)5-8-21)22-18(23)19(6-7-19)13-2-4-16-17(9-13)25-11-24-16;19-14-8-13(3-1-11(14)9-21)20-17(22)18(5-6-18)12-2-4-15-16(7-12)24-10-23-15;1-11(2)9(12)7-3-5-8(6-4-7)14-10-13/h3-10,15-16H,11-13,17H2,1-2H3,(H,30,33);1-4,9-10H,5-7,11H2,(H,22,23);1-4,7-8,21H,5-6,9-10H2,(H,20,22);3-6,13H,1-2H3. The van der Waals surface area contributed by atoms with E-state index in [-0.39, 0.29) is 62.9 Å². The first kappa shape index (κ1) is 69.0. The number of hydrogen-bond donors (Lipinski definition) is 5. The average molecular weight is 1450 g/mol. The van der Waals surface area contributed by atoms with E-state index >= 15 is 0 Å². The van der Waals surface area contributed by atoms with Crippen molar-refractivity contribution >= 4 is 86.1 Å². The third kappa shape index (κ3) is 15.4. The Balaban J connectivity index is 0.000000138. The first-order valence-corrected chi connectivity index (χ1v) is 32.8. The van der Waals surface area contributed by atoms with Gasteiger partial charge in [-0.3, -0.25) is 24.0 Å². The number of rotatable bonds is 17. The molecule has 0 aromatic heterocycles. The van der Waals surface area contributed by atoms with Gasteiger partial charge >= 0.3 is 7.69 Å². The fraction of sp³-hybridized carbons (Fsp3) is 0.257. The summed E-state index contributed by atoms with van der Waals surface area (Å²) in [7, 11) is 7.40. The molecule has 499 valence electrons. The molecule has 0 saturated heterocycles. The highest BCUT2D eigenvalue weighted by Gasteiger charge is 2.54. The van der Waals surface area contributed by atoms with Gasteiger partial charge in [0.05, 0.1) is 47.8 Å². The molecule has 0 atom stereocenters. The van der Waals surface area contributed by atoms with Gasteiger partial charge in [-0.1, -0.05) is 80.4 Å².